The highest BCUT2D eigenvalue weighted by Gasteiger charge is 2.21. The first-order chi connectivity index (χ1) is 15.5. The van der Waals surface area contributed by atoms with Gasteiger partial charge in [0.1, 0.15) is 29.4 Å². The standard InChI is InChI=1S/C22H20N4O5S/c1-30-18-7-3-2-6-17(18)24-19(27)12-25(11-15-5-4-9-31-15)20(28)13-26-14-23-21-16(22(26)29)8-10-32-21/h2-10,14H,11-13H2,1H3,(H,24,27). The van der Waals surface area contributed by atoms with E-state index in [0.717, 1.165) is 0 Å². The van der Waals surface area contributed by atoms with Crippen LogP contribution in [0.4, 0.5) is 5.69 Å². The van der Waals surface area contributed by atoms with Gasteiger partial charge in [-0.2, -0.15) is 0 Å². The summed E-state index contributed by atoms with van der Waals surface area (Å²) in [6.45, 7) is -0.408. The predicted octanol–water partition coefficient (Wildman–Crippen LogP) is 2.73. The van der Waals surface area contributed by atoms with Gasteiger partial charge < -0.3 is 19.4 Å². The summed E-state index contributed by atoms with van der Waals surface area (Å²) in [7, 11) is 1.51. The quantitative estimate of drug-likeness (QED) is 0.441. The first kappa shape index (κ1) is 21.3. The molecule has 0 aliphatic carbocycles. The van der Waals surface area contributed by atoms with E-state index >= 15 is 0 Å². The number of nitrogens with one attached hydrogen (secondary N) is 1. The van der Waals surface area contributed by atoms with Crippen molar-refractivity contribution in [2.75, 3.05) is 19.0 Å². The molecule has 0 radical (unpaired) electrons. The van der Waals surface area contributed by atoms with Crippen LogP contribution in [0.5, 0.6) is 5.75 Å². The lowest BCUT2D eigenvalue weighted by molar-refractivity contribution is -0.136. The molecule has 0 saturated carbocycles. The predicted molar refractivity (Wildman–Crippen MR) is 120 cm³/mol. The van der Waals surface area contributed by atoms with Crippen LogP contribution in [-0.4, -0.2) is 39.9 Å². The molecule has 0 unspecified atom stereocenters. The van der Waals surface area contributed by atoms with Gasteiger partial charge in [0.2, 0.25) is 11.8 Å². The number of anilines is 1. The third-order valence-electron chi connectivity index (χ3n) is 4.75. The van der Waals surface area contributed by atoms with Crippen LogP contribution in [0.25, 0.3) is 10.2 Å². The zero-order chi connectivity index (χ0) is 22.5. The number of carbonyl (C=O) groups is 2. The van der Waals surface area contributed by atoms with E-state index in [2.05, 4.69) is 10.3 Å². The Kier molecular flexibility index (Phi) is 6.31. The number of amides is 2. The minimum Gasteiger partial charge on any atom is -0.495 e. The lowest BCUT2D eigenvalue weighted by Gasteiger charge is -2.22. The van der Waals surface area contributed by atoms with Crippen LogP contribution in [0.15, 0.2) is 69.6 Å². The van der Waals surface area contributed by atoms with E-state index < -0.39 is 11.8 Å². The number of carbonyl (C=O) groups excluding carboxylic acids is 2. The van der Waals surface area contributed by atoms with Crippen molar-refractivity contribution in [3.63, 3.8) is 0 Å². The van der Waals surface area contributed by atoms with Gasteiger partial charge >= 0.3 is 0 Å². The molecular weight excluding hydrogens is 432 g/mol. The Labute approximate surface area is 186 Å². The molecule has 1 N–H and O–H groups in total. The SMILES string of the molecule is COc1ccccc1NC(=O)CN(Cc1ccco1)C(=O)Cn1cnc2sccc2c1=O. The molecule has 0 fully saturated rings. The van der Waals surface area contributed by atoms with E-state index in [1.54, 1.807) is 47.8 Å². The van der Waals surface area contributed by atoms with E-state index in [1.807, 2.05) is 0 Å². The summed E-state index contributed by atoms with van der Waals surface area (Å²) in [6, 6.07) is 12.1. The number of thiophene rings is 1. The molecule has 2 amide bonds. The highest BCUT2D eigenvalue weighted by Crippen LogP contribution is 2.23. The van der Waals surface area contributed by atoms with Crippen molar-refractivity contribution in [2.24, 2.45) is 0 Å². The number of aromatic nitrogens is 2. The monoisotopic (exact) mass is 452 g/mol. The second-order valence-electron chi connectivity index (χ2n) is 6.89. The van der Waals surface area contributed by atoms with Crippen molar-refractivity contribution in [3.05, 3.63) is 76.5 Å². The molecule has 9 nitrogen and oxygen atoms in total. The maximum atomic E-state index is 13.1. The van der Waals surface area contributed by atoms with Crippen LogP contribution in [0.2, 0.25) is 0 Å². The van der Waals surface area contributed by atoms with Gasteiger partial charge in [-0.15, -0.1) is 11.3 Å². The fourth-order valence-electron chi connectivity index (χ4n) is 3.19. The second-order valence-corrected chi connectivity index (χ2v) is 7.79. The largest absolute Gasteiger partial charge is 0.495 e. The van der Waals surface area contributed by atoms with Crippen molar-refractivity contribution in [2.45, 2.75) is 13.1 Å². The first-order valence-electron chi connectivity index (χ1n) is 9.71. The summed E-state index contributed by atoms with van der Waals surface area (Å²) in [5.41, 5.74) is 0.190. The number of fused-ring (bicyclic) bond motifs is 1. The number of benzene rings is 1. The molecule has 3 heterocycles. The molecule has 4 aromatic rings. The summed E-state index contributed by atoms with van der Waals surface area (Å²) in [4.78, 5) is 44.6. The lowest BCUT2D eigenvalue weighted by atomic mass is 10.3. The van der Waals surface area contributed by atoms with Crippen LogP contribution in [0.3, 0.4) is 0 Å². The van der Waals surface area contributed by atoms with Gasteiger partial charge in [0.25, 0.3) is 5.56 Å². The number of furan rings is 1. The third kappa shape index (κ3) is 4.70. The molecular formula is C22H20N4O5S. The average Bonchev–Trinajstić information content (AvgIpc) is 3.48. The zero-order valence-corrected chi connectivity index (χ0v) is 18.0. The van der Waals surface area contributed by atoms with Gasteiger partial charge in [0.15, 0.2) is 0 Å². The summed E-state index contributed by atoms with van der Waals surface area (Å²) < 4.78 is 11.8. The van der Waals surface area contributed by atoms with Crippen LogP contribution in [0, 0.1) is 0 Å². The van der Waals surface area contributed by atoms with E-state index in [4.69, 9.17) is 9.15 Å². The van der Waals surface area contributed by atoms with Crippen molar-refractivity contribution in [3.8, 4) is 5.75 Å². The van der Waals surface area contributed by atoms with Gasteiger partial charge in [-0.05, 0) is 35.7 Å². The number of nitrogens with zero attached hydrogens (tertiary/aromatic N) is 3. The number of methoxy groups -OCH3 is 1. The smallest absolute Gasteiger partial charge is 0.262 e. The van der Waals surface area contributed by atoms with Gasteiger partial charge in [0, 0.05) is 0 Å². The third-order valence-corrected chi connectivity index (χ3v) is 5.57. The Balaban J connectivity index is 1.52. The fourth-order valence-corrected chi connectivity index (χ4v) is 3.91. The van der Waals surface area contributed by atoms with E-state index in [0.29, 0.717) is 27.4 Å². The highest BCUT2D eigenvalue weighted by molar-refractivity contribution is 7.16. The van der Waals surface area contributed by atoms with Gasteiger partial charge in [-0.3, -0.25) is 19.0 Å². The summed E-state index contributed by atoms with van der Waals surface area (Å²) in [5, 5.41) is 4.98. The summed E-state index contributed by atoms with van der Waals surface area (Å²) in [5.74, 6) is 0.192. The molecule has 0 aliphatic heterocycles. The van der Waals surface area contributed by atoms with Crippen LogP contribution in [-0.2, 0) is 22.7 Å². The van der Waals surface area contributed by atoms with Crippen molar-refractivity contribution < 1.29 is 18.7 Å². The normalized spacial score (nSPS) is 10.8. The average molecular weight is 452 g/mol. The minimum absolute atomic E-state index is 0.0774. The van der Waals surface area contributed by atoms with Crippen LogP contribution >= 0.6 is 11.3 Å². The second kappa shape index (κ2) is 9.48. The van der Waals surface area contributed by atoms with E-state index in [1.165, 1.54) is 40.5 Å². The molecule has 0 spiro atoms. The maximum Gasteiger partial charge on any atom is 0.262 e. The van der Waals surface area contributed by atoms with Crippen molar-refractivity contribution >= 4 is 39.1 Å². The summed E-state index contributed by atoms with van der Waals surface area (Å²) >= 11 is 1.36. The molecule has 0 atom stereocenters. The Morgan fingerprint density at radius 3 is 2.84 bits per heavy atom. The minimum atomic E-state index is -0.421. The number of rotatable bonds is 8. The van der Waals surface area contributed by atoms with Crippen LogP contribution < -0.4 is 15.6 Å². The molecule has 10 heteroatoms. The lowest BCUT2D eigenvalue weighted by Crippen LogP contribution is -2.40. The molecule has 0 bridgehead atoms. The Hall–Kier alpha value is -3.92. The first-order valence-corrected chi connectivity index (χ1v) is 10.6. The summed E-state index contributed by atoms with van der Waals surface area (Å²) in [6.07, 6.45) is 2.84. The number of para-hydroxylation sites is 2. The van der Waals surface area contributed by atoms with Crippen molar-refractivity contribution in [1.29, 1.82) is 0 Å². The fraction of sp³-hybridized carbons (Fsp3) is 0.182. The molecule has 3 aromatic heterocycles. The highest BCUT2D eigenvalue weighted by atomic mass is 32.1. The number of ether oxygens (including phenoxy) is 1. The molecule has 164 valence electrons. The molecule has 32 heavy (non-hydrogen) atoms. The number of hydrogen-bond donors (Lipinski definition) is 1. The van der Waals surface area contributed by atoms with E-state index in [9.17, 15) is 14.4 Å². The zero-order valence-electron chi connectivity index (χ0n) is 17.2. The van der Waals surface area contributed by atoms with E-state index in [-0.39, 0.29) is 25.2 Å². The molecule has 4 rings (SSSR count). The Morgan fingerprint density at radius 2 is 2.06 bits per heavy atom. The topological polar surface area (TPSA) is 107 Å². The van der Waals surface area contributed by atoms with Crippen molar-refractivity contribution in [1.82, 2.24) is 14.5 Å². The Morgan fingerprint density at radius 1 is 1.22 bits per heavy atom. The van der Waals surface area contributed by atoms with Gasteiger partial charge in [0.05, 0.1) is 37.3 Å². The molecule has 0 saturated heterocycles. The number of hydrogen-bond acceptors (Lipinski definition) is 7. The maximum absolute atomic E-state index is 13.1. The van der Waals surface area contributed by atoms with Crippen LogP contribution in [0.1, 0.15) is 5.76 Å². The molecule has 1 aromatic carbocycles. The Bertz CT molecular complexity index is 1300. The van der Waals surface area contributed by atoms with Gasteiger partial charge in [-0.1, -0.05) is 12.1 Å². The molecule has 0 aliphatic rings. The van der Waals surface area contributed by atoms with Gasteiger partial charge in [-0.25, -0.2) is 4.98 Å².